The van der Waals surface area contributed by atoms with E-state index in [4.69, 9.17) is 14.2 Å². The highest BCUT2D eigenvalue weighted by Gasteiger charge is 2.25. The van der Waals surface area contributed by atoms with E-state index in [1.807, 2.05) is 84.9 Å². The molecule has 290 valence electrons. The third-order valence-electron chi connectivity index (χ3n) is 8.54. The van der Waals surface area contributed by atoms with Crippen molar-refractivity contribution in [1.82, 2.24) is 16.0 Å². The van der Waals surface area contributed by atoms with Gasteiger partial charge in [0.1, 0.15) is 25.6 Å². The fourth-order valence-electron chi connectivity index (χ4n) is 5.56. The second-order valence-electron chi connectivity index (χ2n) is 13.0. The third kappa shape index (κ3) is 17.9. The molecule has 3 amide bonds. The molecule has 0 saturated heterocycles. The van der Waals surface area contributed by atoms with E-state index in [1.165, 1.54) is 0 Å². The van der Waals surface area contributed by atoms with Gasteiger partial charge in [-0.15, -0.1) is 13.2 Å². The minimum Gasteiger partial charge on any atom is -0.489 e. The molecular formula is C43H55N3O8. The number of hydrogen-bond donors (Lipinski definition) is 4. The second-order valence-corrected chi connectivity index (χ2v) is 13.0. The summed E-state index contributed by atoms with van der Waals surface area (Å²) in [7, 11) is 0. The molecule has 0 radical (unpaired) electrons. The highest BCUT2D eigenvalue weighted by molar-refractivity contribution is 5.86. The molecular weight excluding hydrogens is 686 g/mol. The largest absolute Gasteiger partial charge is 0.489 e. The zero-order chi connectivity index (χ0) is 38.8. The minimum atomic E-state index is -0.727. The quantitative estimate of drug-likeness (QED) is 0.0422. The Morgan fingerprint density at radius 3 is 2.07 bits per heavy atom. The Labute approximate surface area is 319 Å². The van der Waals surface area contributed by atoms with E-state index in [1.54, 1.807) is 12.2 Å². The second kappa shape index (κ2) is 25.5. The molecule has 3 rings (SSSR count). The number of alkyl carbamates (subject to hydrolysis) is 1. The average molecular weight is 742 g/mol. The van der Waals surface area contributed by atoms with Crippen LogP contribution in [0, 0.1) is 5.92 Å². The lowest BCUT2D eigenvalue weighted by atomic mass is 9.98. The number of ether oxygens (including phenoxy) is 3. The minimum absolute atomic E-state index is 0.0269. The van der Waals surface area contributed by atoms with Crippen molar-refractivity contribution in [3.8, 4) is 5.75 Å². The first-order valence-electron chi connectivity index (χ1n) is 18.6. The maximum atomic E-state index is 13.5. The van der Waals surface area contributed by atoms with E-state index in [0.29, 0.717) is 57.4 Å². The lowest BCUT2D eigenvalue weighted by Crippen LogP contribution is -2.45. The fraction of sp³-hybridized carbons (Fsp3) is 0.395. The Bertz CT molecular complexity index is 1570. The van der Waals surface area contributed by atoms with E-state index in [2.05, 4.69) is 29.1 Å². The third-order valence-corrected chi connectivity index (χ3v) is 8.54. The van der Waals surface area contributed by atoms with E-state index in [0.717, 1.165) is 16.7 Å². The number of rotatable bonds is 26. The van der Waals surface area contributed by atoms with Crippen molar-refractivity contribution in [3.63, 3.8) is 0 Å². The van der Waals surface area contributed by atoms with Gasteiger partial charge in [-0.25, -0.2) is 4.79 Å². The molecule has 3 atom stereocenters. The van der Waals surface area contributed by atoms with E-state index in [-0.39, 0.29) is 56.9 Å². The van der Waals surface area contributed by atoms with Crippen molar-refractivity contribution in [2.24, 2.45) is 5.92 Å². The summed E-state index contributed by atoms with van der Waals surface area (Å²) >= 11 is 0. The maximum Gasteiger partial charge on any atom is 0.407 e. The first-order chi connectivity index (χ1) is 26.3. The van der Waals surface area contributed by atoms with Crippen molar-refractivity contribution in [2.45, 2.75) is 83.1 Å². The molecule has 11 nitrogen and oxygen atoms in total. The van der Waals surface area contributed by atoms with Gasteiger partial charge in [0.05, 0.1) is 24.6 Å². The van der Waals surface area contributed by atoms with Gasteiger partial charge in [-0.1, -0.05) is 84.9 Å². The van der Waals surface area contributed by atoms with Crippen LogP contribution in [0.3, 0.4) is 0 Å². The first-order valence-corrected chi connectivity index (χ1v) is 18.6. The monoisotopic (exact) mass is 741 g/mol. The van der Waals surface area contributed by atoms with Gasteiger partial charge in [0, 0.05) is 19.4 Å². The molecule has 0 spiro atoms. The lowest BCUT2D eigenvalue weighted by molar-refractivity contribution is -0.145. The Hall–Kier alpha value is -5.42. The van der Waals surface area contributed by atoms with Crippen molar-refractivity contribution >= 4 is 23.9 Å². The van der Waals surface area contributed by atoms with Crippen molar-refractivity contribution < 1.29 is 38.5 Å². The summed E-state index contributed by atoms with van der Waals surface area (Å²) in [4.78, 5) is 51.1. The number of hydrogen-bond acceptors (Lipinski definition) is 8. The van der Waals surface area contributed by atoms with Crippen LogP contribution in [0.4, 0.5) is 4.79 Å². The number of benzene rings is 3. The van der Waals surface area contributed by atoms with Crippen LogP contribution in [0.5, 0.6) is 5.75 Å². The molecule has 0 heterocycles. The Morgan fingerprint density at radius 2 is 1.43 bits per heavy atom. The molecule has 4 N–H and O–H groups in total. The predicted octanol–water partition coefficient (Wildman–Crippen LogP) is 6.35. The fourth-order valence-corrected chi connectivity index (χ4v) is 5.56. The van der Waals surface area contributed by atoms with Gasteiger partial charge in [0.25, 0.3) is 0 Å². The molecule has 0 bridgehead atoms. The topological polar surface area (TPSA) is 152 Å². The summed E-state index contributed by atoms with van der Waals surface area (Å²) in [5.74, 6) is -1.14. The standard InChI is InChI=1S/C43H55N3O8/c1-3-5-8-21-41(49)53-32-37(20-13-14-26-44-43(51)54-31-35-18-11-7-12-19-35)46-42(50)36(15-4-2)28-40(48)45-38(29-47)27-33-22-24-39(25-23-33)52-30-34-16-9-6-10-17-34/h3-4,6-7,9-12,16-19,22-25,36-38,47H,1-2,5,8,13-15,20-21,26-32H2,(H,44,51)(H,45,48)(H,46,50). The van der Waals surface area contributed by atoms with Crippen LogP contribution < -0.4 is 20.7 Å². The van der Waals surface area contributed by atoms with Gasteiger partial charge >= 0.3 is 12.1 Å². The summed E-state index contributed by atoms with van der Waals surface area (Å²) in [6.45, 7) is 8.11. The SMILES string of the molecule is C=CCCCC(=O)OCC(CCCCNC(=O)OCc1ccccc1)NC(=O)C(CC=C)CC(=O)NC(CO)Cc1ccc(OCc2ccccc2)cc1. The highest BCUT2D eigenvalue weighted by atomic mass is 16.5. The van der Waals surface area contributed by atoms with Crippen molar-refractivity contribution in [2.75, 3.05) is 19.8 Å². The maximum absolute atomic E-state index is 13.5. The predicted molar refractivity (Wildman–Crippen MR) is 208 cm³/mol. The van der Waals surface area contributed by atoms with Crippen LogP contribution in [0.2, 0.25) is 0 Å². The van der Waals surface area contributed by atoms with Crippen LogP contribution in [-0.2, 0) is 43.5 Å². The van der Waals surface area contributed by atoms with E-state index in [9.17, 15) is 24.3 Å². The number of carbonyl (C=O) groups excluding carboxylic acids is 4. The summed E-state index contributed by atoms with van der Waals surface area (Å²) in [5, 5.41) is 18.6. The molecule has 0 aliphatic heterocycles. The zero-order valence-electron chi connectivity index (χ0n) is 31.1. The number of nitrogens with one attached hydrogen (secondary N) is 3. The Morgan fingerprint density at radius 1 is 0.741 bits per heavy atom. The first kappa shape index (κ1) is 43.0. The number of unbranched alkanes of at least 4 members (excludes halogenated alkanes) is 2. The Kier molecular flexibility index (Phi) is 20.3. The molecule has 54 heavy (non-hydrogen) atoms. The van der Waals surface area contributed by atoms with Crippen molar-refractivity contribution in [3.05, 3.63) is 127 Å². The number of aliphatic hydroxyl groups is 1. The van der Waals surface area contributed by atoms with Gasteiger partial charge in [0.2, 0.25) is 11.8 Å². The molecule has 0 aromatic heterocycles. The normalized spacial score (nSPS) is 12.3. The number of esters is 1. The number of carbonyl (C=O) groups is 4. The van der Waals surface area contributed by atoms with Crippen LogP contribution in [0.25, 0.3) is 0 Å². The van der Waals surface area contributed by atoms with Gasteiger partial charge in [-0.05, 0) is 73.8 Å². The zero-order valence-corrected chi connectivity index (χ0v) is 31.1. The summed E-state index contributed by atoms with van der Waals surface area (Å²) in [6.07, 6.45) is 6.54. The summed E-state index contributed by atoms with van der Waals surface area (Å²) in [5.41, 5.74) is 2.85. The van der Waals surface area contributed by atoms with Crippen LogP contribution >= 0.6 is 0 Å². The van der Waals surface area contributed by atoms with Gasteiger partial charge in [0.15, 0.2) is 0 Å². The molecule has 3 unspecified atom stereocenters. The summed E-state index contributed by atoms with van der Waals surface area (Å²) in [6, 6.07) is 25.7. The number of allylic oxidation sites excluding steroid dienone is 2. The molecule has 0 aliphatic rings. The van der Waals surface area contributed by atoms with E-state index < -0.39 is 24.1 Å². The molecule has 3 aromatic carbocycles. The van der Waals surface area contributed by atoms with E-state index >= 15 is 0 Å². The molecule has 0 aliphatic carbocycles. The molecule has 0 saturated carbocycles. The van der Waals surface area contributed by atoms with Crippen LogP contribution in [0.15, 0.2) is 110 Å². The average Bonchev–Trinajstić information content (AvgIpc) is 3.19. The lowest BCUT2D eigenvalue weighted by Gasteiger charge is -2.23. The van der Waals surface area contributed by atoms with Crippen LogP contribution in [-0.4, -0.2) is 60.8 Å². The molecule has 11 heteroatoms. The van der Waals surface area contributed by atoms with Crippen LogP contribution in [0.1, 0.15) is 68.1 Å². The van der Waals surface area contributed by atoms with Gasteiger partial charge in [-0.3, -0.25) is 14.4 Å². The summed E-state index contributed by atoms with van der Waals surface area (Å²) < 4.78 is 16.6. The van der Waals surface area contributed by atoms with Gasteiger partial charge < -0.3 is 35.3 Å². The van der Waals surface area contributed by atoms with Crippen molar-refractivity contribution in [1.29, 1.82) is 0 Å². The van der Waals surface area contributed by atoms with Gasteiger partial charge in [-0.2, -0.15) is 0 Å². The molecule has 0 fully saturated rings. The number of amides is 3. The highest BCUT2D eigenvalue weighted by Crippen LogP contribution is 2.17. The smallest absolute Gasteiger partial charge is 0.407 e. The number of aliphatic hydroxyl groups excluding tert-OH is 1. The Balaban J connectivity index is 1.49. The molecule has 3 aromatic rings.